The summed E-state index contributed by atoms with van der Waals surface area (Å²) in [4.78, 5) is 30.8. The third-order valence-electron chi connectivity index (χ3n) is 6.18. The van der Waals surface area contributed by atoms with Crippen LogP contribution in [0.3, 0.4) is 0 Å². The standard InChI is InChI=1S/C24H25N7O3/c32-23-20(28-24(33)29-23)11-17-13-25-31-21(26-18-4-5-18)12-19(27-22(17)31)16-3-1-2-15(10-16)14-30-6-8-34-9-7-30/h1-3,10-13,18,26H,4-9,14H2,(H2,28,29,32,33)/b20-11+. The number of carbonyl (C=O) groups is 2. The molecule has 3 fully saturated rings. The Balaban J connectivity index is 1.38. The van der Waals surface area contributed by atoms with Crippen molar-refractivity contribution in [3.63, 3.8) is 0 Å². The number of morpholine rings is 1. The zero-order valence-corrected chi connectivity index (χ0v) is 18.6. The number of urea groups is 1. The Kier molecular flexibility index (Phi) is 5.23. The van der Waals surface area contributed by atoms with E-state index < -0.39 is 11.9 Å². The van der Waals surface area contributed by atoms with E-state index in [1.165, 1.54) is 5.56 Å². The van der Waals surface area contributed by atoms with Crippen molar-refractivity contribution in [2.75, 3.05) is 31.6 Å². The van der Waals surface area contributed by atoms with Gasteiger partial charge < -0.3 is 15.4 Å². The molecule has 4 heterocycles. The molecule has 10 nitrogen and oxygen atoms in total. The quantitative estimate of drug-likeness (QED) is 0.382. The van der Waals surface area contributed by atoms with Crippen molar-refractivity contribution in [1.82, 2.24) is 30.1 Å². The maximum Gasteiger partial charge on any atom is 0.326 e. The predicted molar refractivity (Wildman–Crippen MR) is 126 cm³/mol. The number of amides is 3. The summed E-state index contributed by atoms with van der Waals surface area (Å²) in [7, 11) is 0. The van der Waals surface area contributed by atoms with E-state index in [2.05, 4.69) is 50.2 Å². The number of hydrogen-bond donors (Lipinski definition) is 3. The van der Waals surface area contributed by atoms with Crippen LogP contribution in [0, 0.1) is 0 Å². The zero-order chi connectivity index (χ0) is 23.1. The third kappa shape index (κ3) is 4.25. The number of rotatable bonds is 6. The van der Waals surface area contributed by atoms with Gasteiger partial charge in [0.15, 0.2) is 5.65 Å². The van der Waals surface area contributed by atoms with E-state index in [-0.39, 0.29) is 5.70 Å². The van der Waals surface area contributed by atoms with Gasteiger partial charge in [-0.15, -0.1) is 0 Å². The number of hydrogen-bond acceptors (Lipinski definition) is 7. The molecule has 2 aromatic heterocycles. The Morgan fingerprint density at radius 1 is 1.15 bits per heavy atom. The monoisotopic (exact) mass is 459 g/mol. The molecule has 6 rings (SSSR count). The number of nitrogens with zero attached hydrogens (tertiary/aromatic N) is 4. The molecule has 3 aliphatic rings. The average molecular weight is 460 g/mol. The van der Waals surface area contributed by atoms with Gasteiger partial charge >= 0.3 is 6.03 Å². The van der Waals surface area contributed by atoms with E-state index in [4.69, 9.17) is 9.72 Å². The lowest BCUT2D eigenvalue weighted by molar-refractivity contribution is -0.115. The largest absolute Gasteiger partial charge is 0.379 e. The lowest BCUT2D eigenvalue weighted by atomic mass is 10.1. The number of carbonyl (C=O) groups excluding carboxylic acids is 2. The summed E-state index contributed by atoms with van der Waals surface area (Å²) in [5.74, 6) is 0.387. The molecule has 3 N–H and O–H groups in total. The van der Waals surface area contributed by atoms with Gasteiger partial charge in [0.25, 0.3) is 5.91 Å². The lowest BCUT2D eigenvalue weighted by Gasteiger charge is -2.26. The first-order chi connectivity index (χ1) is 16.6. The van der Waals surface area contributed by atoms with Crippen LogP contribution >= 0.6 is 0 Å². The van der Waals surface area contributed by atoms with Crippen LogP contribution in [0.2, 0.25) is 0 Å². The fraction of sp³-hybridized carbons (Fsp3) is 0.333. The number of imide groups is 1. The number of nitrogens with one attached hydrogen (secondary N) is 3. The molecule has 1 aromatic carbocycles. The molecule has 3 aromatic rings. The minimum atomic E-state index is -0.533. The van der Waals surface area contributed by atoms with Crippen LogP contribution in [-0.2, 0) is 16.1 Å². The van der Waals surface area contributed by atoms with Gasteiger partial charge in [-0.2, -0.15) is 9.61 Å². The van der Waals surface area contributed by atoms with E-state index in [1.807, 2.05) is 6.07 Å². The number of benzene rings is 1. The summed E-state index contributed by atoms with van der Waals surface area (Å²) in [5, 5.41) is 12.8. The van der Waals surface area contributed by atoms with Gasteiger partial charge in [0.1, 0.15) is 11.5 Å². The Morgan fingerprint density at radius 2 is 2.00 bits per heavy atom. The molecule has 3 amide bonds. The number of ether oxygens (including phenoxy) is 1. The summed E-state index contributed by atoms with van der Waals surface area (Å²) in [6, 6.07) is 10.3. The molecule has 0 radical (unpaired) electrons. The number of anilines is 1. The van der Waals surface area contributed by atoms with Crippen LogP contribution in [-0.4, -0.2) is 63.8 Å². The smallest absolute Gasteiger partial charge is 0.326 e. The maximum absolute atomic E-state index is 12.0. The Hall–Kier alpha value is -3.76. The summed E-state index contributed by atoms with van der Waals surface area (Å²) in [6.45, 7) is 4.27. The van der Waals surface area contributed by atoms with Crippen molar-refractivity contribution in [3.8, 4) is 11.3 Å². The van der Waals surface area contributed by atoms with Gasteiger partial charge in [-0.3, -0.25) is 15.0 Å². The van der Waals surface area contributed by atoms with Crippen molar-refractivity contribution >= 4 is 29.5 Å². The van der Waals surface area contributed by atoms with Crippen LogP contribution in [0.5, 0.6) is 0 Å². The highest BCUT2D eigenvalue weighted by Crippen LogP contribution is 2.29. The van der Waals surface area contributed by atoms with E-state index in [0.717, 1.165) is 62.8 Å². The summed E-state index contributed by atoms with van der Waals surface area (Å²) in [6.07, 6.45) is 5.51. The fourth-order valence-electron chi connectivity index (χ4n) is 4.25. The zero-order valence-electron chi connectivity index (χ0n) is 18.6. The SMILES string of the molecule is O=C1NC(=O)/C(=C\c2cnn3c(NC4CC4)cc(-c4cccc(CN5CCOCC5)c4)nc23)N1. The molecule has 0 unspecified atom stereocenters. The normalized spacial score (nSPS) is 20.1. The number of fused-ring (bicyclic) bond motifs is 1. The highest BCUT2D eigenvalue weighted by molar-refractivity contribution is 6.14. The molecule has 0 spiro atoms. The molecule has 0 atom stereocenters. The maximum atomic E-state index is 12.0. The minimum Gasteiger partial charge on any atom is -0.379 e. The Morgan fingerprint density at radius 3 is 2.76 bits per heavy atom. The van der Waals surface area contributed by atoms with Crippen molar-refractivity contribution in [2.45, 2.75) is 25.4 Å². The first kappa shape index (κ1) is 20.8. The Labute approximate surface area is 196 Å². The lowest BCUT2D eigenvalue weighted by Crippen LogP contribution is -2.35. The molecule has 0 bridgehead atoms. The van der Waals surface area contributed by atoms with Gasteiger partial charge in [-0.1, -0.05) is 18.2 Å². The molecule has 174 valence electrons. The van der Waals surface area contributed by atoms with Crippen LogP contribution in [0.4, 0.5) is 10.6 Å². The first-order valence-corrected chi connectivity index (χ1v) is 11.5. The number of aromatic nitrogens is 3. The molecule has 10 heteroatoms. The van der Waals surface area contributed by atoms with Gasteiger partial charge in [-0.25, -0.2) is 9.78 Å². The summed E-state index contributed by atoms with van der Waals surface area (Å²) < 4.78 is 7.22. The molecular formula is C24H25N7O3. The molecule has 1 saturated carbocycles. The molecule has 2 aliphatic heterocycles. The Bertz CT molecular complexity index is 1310. The van der Waals surface area contributed by atoms with Crippen molar-refractivity contribution in [2.24, 2.45) is 0 Å². The average Bonchev–Trinajstić information content (AvgIpc) is 3.48. The molecule has 34 heavy (non-hydrogen) atoms. The third-order valence-corrected chi connectivity index (χ3v) is 6.18. The highest BCUT2D eigenvalue weighted by atomic mass is 16.5. The fourth-order valence-corrected chi connectivity index (χ4v) is 4.25. The first-order valence-electron chi connectivity index (χ1n) is 11.5. The molecule has 1 aliphatic carbocycles. The van der Waals surface area contributed by atoms with E-state index >= 15 is 0 Å². The second-order valence-corrected chi connectivity index (χ2v) is 8.84. The second kappa shape index (κ2) is 8.54. The van der Waals surface area contributed by atoms with Crippen LogP contribution in [0.15, 0.2) is 42.2 Å². The van der Waals surface area contributed by atoms with Crippen molar-refractivity contribution in [3.05, 3.63) is 53.4 Å². The topological polar surface area (TPSA) is 113 Å². The van der Waals surface area contributed by atoms with Crippen molar-refractivity contribution in [1.29, 1.82) is 0 Å². The predicted octanol–water partition coefficient (Wildman–Crippen LogP) is 1.98. The summed E-state index contributed by atoms with van der Waals surface area (Å²) in [5.41, 5.74) is 4.49. The van der Waals surface area contributed by atoms with Crippen molar-refractivity contribution < 1.29 is 14.3 Å². The van der Waals surface area contributed by atoms with Crippen LogP contribution in [0.25, 0.3) is 23.0 Å². The summed E-state index contributed by atoms with van der Waals surface area (Å²) >= 11 is 0. The molecular weight excluding hydrogens is 434 g/mol. The van der Waals surface area contributed by atoms with Crippen LogP contribution < -0.4 is 16.0 Å². The van der Waals surface area contributed by atoms with E-state index in [9.17, 15) is 9.59 Å². The molecule has 2 saturated heterocycles. The highest BCUT2D eigenvalue weighted by Gasteiger charge is 2.25. The van der Waals surface area contributed by atoms with Gasteiger partial charge in [0, 0.05) is 42.9 Å². The van der Waals surface area contributed by atoms with E-state index in [0.29, 0.717) is 17.3 Å². The van der Waals surface area contributed by atoms with Gasteiger partial charge in [-0.05, 0) is 30.5 Å². The second-order valence-electron chi connectivity index (χ2n) is 8.84. The van der Waals surface area contributed by atoms with Gasteiger partial charge in [0.05, 0.1) is 25.1 Å². The minimum absolute atomic E-state index is 0.177. The van der Waals surface area contributed by atoms with Crippen LogP contribution in [0.1, 0.15) is 24.0 Å². The van der Waals surface area contributed by atoms with Gasteiger partial charge in [0.2, 0.25) is 0 Å². The van der Waals surface area contributed by atoms with E-state index in [1.54, 1.807) is 16.8 Å².